The number of para-hydroxylation sites is 1. The number of nitrogens with zero attached hydrogens (tertiary/aromatic N) is 2. The van der Waals surface area contributed by atoms with E-state index in [0.29, 0.717) is 5.69 Å². The van der Waals surface area contributed by atoms with E-state index in [2.05, 4.69) is 10.3 Å². The van der Waals surface area contributed by atoms with E-state index in [4.69, 9.17) is 0 Å². The number of anilines is 2. The normalized spacial score (nSPS) is 10.6. The number of aromatic nitrogens is 1. The van der Waals surface area contributed by atoms with Gasteiger partial charge < -0.3 is 10.2 Å². The van der Waals surface area contributed by atoms with E-state index >= 15 is 0 Å². The maximum atomic E-state index is 13.7. The Morgan fingerprint density at radius 1 is 1.08 bits per heavy atom. The lowest BCUT2D eigenvalue weighted by Gasteiger charge is -2.20. The molecule has 0 aliphatic heterocycles. The number of hydrogen-bond donors (Lipinski definition) is 1. The van der Waals surface area contributed by atoms with E-state index in [-0.39, 0.29) is 0 Å². The summed E-state index contributed by atoms with van der Waals surface area (Å²) in [4.78, 5) is 15.3. The summed E-state index contributed by atoms with van der Waals surface area (Å²) >= 11 is 0. The van der Waals surface area contributed by atoms with Gasteiger partial charge in [-0.2, -0.15) is 22.5 Å². The average Bonchev–Trinajstić information content (AvgIpc) is 2.49. The Kier molecular flexibility index (Phi) is 5.06. The first-order chi connectivity index (χ1) is 11.2. The molecule has 24 heavy (non-hydrogen) atoms. The molecule has 0 saturated heterocycles. The topological polar surface area (TPSA) is 45.2 Å². The van der Waals surface area contributed by atoms with Gasteiger partial charge in [0.2, 0.25) is 17.5 Å². The van der Waals surface area contributed by atoms with Crippen molar-refractivity contribution >= 4 is 17.3 Å². The zero-order valence-electron chi connectivity index (χ0n) is 13.3. The van der Waals surface area contributed by atoms with Gasteiger partial charge in [0.1, 0.15) is 5.69 Å². The SMILES string of the molecule is Cc1cccc(C)c1NC(=O)CN(C)c1c(F)c(F)nc(F)c1F. The Hall–Kier alpha value is -2.64. The predicted molar refractivity (Wildman–Crippen MR) is 81.9 cm³/mol. The Labute approximate surface area is 136 Å². The average molecular weight is 341 g/mol. The molecule has 2 aromatic rings. The quantitative estimate of drug-likeness (QED) is 0.685. The largest absolute Gasteiger partial charge is 0.360 e. The van der Waals surface area contributed by atoms with Gasteiger partial charge >= 0.3 is 0 Å². The molecule has 1 N–H and O–H groups in total. The third kappa shape index (κ3) is 3.47. The zero-order chi connectivity index (χ0) is 18.0. The van der Waals surface area contributed by atoms with E-state index in [1.165, 1.54) is 0 Å². The number of hydrogen-bond acceptors (Lipinski definition) is 3. The van der Waals surface area contributed by atoms with Crippen molar-refractivity contribution in [3.05, 3.63) is 52.9 Å². The van der Waals surface area contributed by atoms with Gasteiger partial charge in [-0.1, -0.05) is 18.2 Å². The highest BCUT2D eigenvalue weighted by atomic mass is 19.2. The molecule has 0 aliphatic carbocycles. The molecule has 0 fully saturated rings. The number of likely N-dealkylation sites (N-methyl/N-ethyl adjacent to an activating group) is 1. The van der Waals surface area contributed by atoms with Crippen molar-refractivity contribution in [2.75, 3.05) is 23.8 Å². The third-order valence-electron chi connectivity index (χ3n) is 3.48. The molecule has 1 heterocycles. The number of aryl methyl sites for hydroxylation is 2. The lowest BCUT2D eigenvalue weighted by atomic mass is 10.1. The van der Waals surface area contributed by atoms with Crippen LogP contribution in [0.5, 0.6) is 0 Å². The van der Waals surface area contributed by atoms with E-state index in [0.717, 1.165) is 23.1 Å². The van der Waals surface area contributed by atoms with Crippen LogP contribution in [0.25, 0.3) is 0 Å². The highest BCUT2D eigenvalue weighted by molar-refractivity contribution is 5.95. The summed E-state index contributed by atoms with van der Waals surface area (Å²) in [7, 11) is 1.14. The number of halogens is 4. The molecule has 1 aromatic heterocycles. The van der Waals surface area contributed by atoms with Crippen molar-refractivity contribution in [1.29, 1.82) is 0 Å². The molecule has 8 heteroatoms. The molecular formula is C16H15F4N3O. The van der Waals surface area contributed by atoms with E-state index in [9.17, 15) is 22.4 Å². The van der Waals surface area contributed by atoms with Crippen LogP contribution in [-0.2, 0) is 4.79 Å². The second-order valence-corrected chi connectivity index (χ2v) is 5.34. The van der Waals surface area contributed by atoms with Crippen molar-refractivity contribution in [2.45, 2.75) is 13.8 Å². The van der Waals surface area contributed by atoms with Crippen molar-refractivity contribution in [3.8, 4) is 0 Å². The first kappa shape index (κ1) is 17.7. The van der Waals surface area contributed by atoms with Crippen LogP contribution in [0.1, 0.15) is 11.1 Å². The summed E-state index contributed by atoms with van der Waals surface area (Å²) in [6, 6.07) is 5.40. The van der Waals surface area contributed by atoms with Crippen LogP contribution in [0.4, 0.5) is 28.9 Å². The molecule has 2 rings (SSSR count). The predicted octanol–water partition coefficient (Wildman–Crippen LogP) is 3.33. The van der Waals surface area contributed by atoms with Crippen LogP contribution in [0.2, 0.25) is 0 Å². The molecule has 0 aliphatic rings. The fourth-order valence-electron chi connectivity index (χ4n) is 2.30. The molecule has 0 radical (unpaired) electrons. The van der Waals surface area contributed by atoms with Crippen LogP contribution in [0.3, 0.4) is 0 Å². The lowest BCUT2D eigenvalue weighted by molar-refractivity contribution is -0.114. The van der Waals surface area contributed by atoms with Gasteiger partial charge in [-0.05, 0) is 25.0 Å². The molecule has 128 valence electrons. The minimum Gasteiger partial charge on any atom is -0.360 e. The zero-order valence-corrected chi connectivity index (χ0v) is 13.3. The molecule has 4 nitrogen and oxygen atoms in total. The number of pyridine rings is 1. The van der Waals surface area contributed by atoms with Gasteiger partial charge in [0.25, 0.3) is 11.9 Å². The van der Waals surface area contributed by atoms with Crippen LogP contribution < -0.4 is 10.2 Å². The highest BCUT2D eigenvalue weighted by Gasteiger charge is 2.24. The molecule has 0 saturated carbocycles. The standard InChI is InChI=1S/C16H15F4N3O/c1-8-5-4-6-9(2)13(8)21-10(24)7-23(3)14-11(17)15(19)22-16(20)12(14)18/h4-6H,7H2,1-3H3,(H,21,24). The molecule has 1 aromatic carbocycles. The fraction of sp³-hybridized carbons (Fsp3) is 0.250. The van der Waals surface area contributed by atoms with Crippen LogP contribution >= 0.6 is 0 Å². The molecule has 1 amide bonds. The van der Waals surface area contributed by atoms with E-state index in [1.807, 2.05) is 6.07 Å². The van der Waals surface area contributed by atoms with Gasteiger partial charge in [-0.3, -0.25) is 4.79 Å². The van der Waals surface area contributed by atoms with Crippen molar-refractivity contribution in [1.82, 2.24) is 4.98 Å². The van der Waals surface area contributed by atoms with Gasteiger partial charge in [-0.15, -0.1) is 0 Å². The summed E-state index contributed by atoms with van der Waals surface area (Å²) in [5.74, 6) is -7.45. The number of amides is 1. The first-order valence-corrected chi connectivity index (χ1v) is 6.99. The molecule has 0 atom stereocenters. The van der Waals surface area contributed by atoms with Gasteiger partial charge in [0.15, 0.2) is 0 Å². The second-order valence-electron chi connectivity index (χ2n) is 5.34. The first-order valence-electron chi connectivity index (χ1n) is 6.99. The minimum atomic E-state index is -1.77. The summed E-state index contributed by atoms with van der Waals surface area (Å²) in [6.07, 6.45) is 0. The number of nitrogens with one attached hydrogen (secondary N) is 1. The van der Waals surface area contributed by atoms with Crippen LogP contribution in [0, 0.1) is 37.4 Å². The number of rotatable bonds is 4. The number of benzene rings is 1. The Balaban J connectivity index is 2.21. The second kappa shape index (κ2) is 6.86. The van der Waals surface area contributed by atoms with E-state index in [1.54, 1.807) is 26.0 Å². The number of carbonyl (C=O) groups excluding carboxylic acids is 1. The van der Waals surface area contributed by atoms with E-state index < -0.39 is 41.7 Å². The smallest absolute Gasteiger partial charge is 0.253 e. The van der Waals surface area contributed by atoms with Crippen LogP contribution in [0.15, 0.2) is 18.2 Å². The molecule has 0 spiro atoms. The van der Waals surface area contributed by atoms with Crippen LogP contribution in [-0.4, -0.2) is 24.5 Å². The summed E-state index contributed by atoms with van der Waals surface area (Å²) < 4.78 is 53.7. The third-order valence-corrected chi connectivity index (χ3v) is 3.48. The van der Waals surface area contributed by atoms with Gasteiger partial charge in [0, 0.05) is 12.7 Å². The summed E-state index contributed by atoms with van der Waals surface area (Å²) in [5, 5.41) is 2.62. The molecular weight excluding hydrogens is 326 g/mol. The summed E-state index contributed by atoms with van der Waals surface area (Å²) in [6.45, 7) is 3.07. The lowest BCUT2D eigenvalue weighted by Crippen LogP contribution is -2.32. The monoisotopic (exact) mass is 341 g/mol. The minimum absolute atomic E-state index is 0.509. The van der Waals surface area contributed by atoms with Crippen molar-refractivity contribution in [3.63, 3.8) is 0 Å². The fourth-order valence-corrected chi connectivity index (χ4v) is 2.30. The van der Waals surface area contributed by atoms with Gasteiger partial charge in [0.05, 0.1) is 6.54 Å². The Bertz CT molecular complexity index is 749. The molecule has 0 bridgehead atoms. The summed E-state index contributed by atoms with van der Waals surface area (Å²) in [5.41, 5.74) is 1.20. The van der Waals surface area contributed by atoms with Crippen molar-refractivity contribution < 1.29 is 22.4 Å². The maximum absolute atomic E-state index is 13.7. The highest BCUT2D eigenvalue weighted by Crippen LogP contribution is 2.25. The Morgan fingerprint density at radius 2 is 1.58 bits per heavy atom. The number of carbonyl (C=O) groups is 1. The maximum Gasteiger partial charge on any atom is 0.253 e. The van der Waals surface area contributed by atoms with Gasteiger partial charge in [-0.25, -0.2) is 0 Å². The molecule has 0 unspecified atom stereocenters. The Morgan fingerprint density at radius 3 is 2.08 bits per heavy atom. The van der Waals surface area contributed by atoms with Crippen molar-refractivity contribution in [2.24, 2.45) is 0 Å².